The van der Waals surface area contributed by atoms with Crippen molar-refractivity contribution in [3.63, 3.8) is 0 Å². The van der Waals surface area contributed by atoms with Crippen LogP contribution in [0.1, 0.15) is 50.0 Å². The van der Waals surface area contributed by atoms with E-state index in [9.17, 15) is 30.8 Å². The van der Waals surface area contributed by atoms with Gasteiger partial charge in [-0.3, -0.25) is 4.79 Å². The zero-order chi connectivity index (χ0) is 23.9. The third-order valence-electron chi connectivity index (χ3n) is 4.25. The molecule has 176 valence electrons. The van der Waals surface area contributed by atoms with Crippen LogP contribution in [0.2, 0.25) is 0 Å². The van der Waals surface area contributed by atoms with Crippen LogP contribution in [0.25, 0.3) is 0 Å². The Morgan fingerprint density at radius 1 is 1.23 bits per heavy atom. The molecule has 1 heterocycles. The third kappa shape index (κ3) is 8.96. The van der Waals surface area contributed by atoms with E-state index in [4.69, 9.17) is 0 Å². The number of halogens is 4. The van der Waals surface area contributed by atoms with Gasteiger partial charge in [-0.15, -0.1) is 6.58 Å². The van der Waals surface area contributed by atoms with Crippen molar-refractivity contribution in [2.75, 3.05) is 13.1 Å². The van der Waals surface area contributed by atoms with Gasteiger partial charge in [-0.05, 0) is 70.5 Å². The second kappa shape index (κ2) is 11.1. The predicted octanol–water partition coefficient (Wildman–Crippen LogP) is 3.70. The van der Waals surface area contributed by atoms with Crippen LogP contribution in [-0.4, -0.2) is 39.6 Å². The number of nitrogens with one attached hydrogen (secondary N) is 2. The van der Waals surface area contributed by atoms with Gasteiger partial charge in [0.25, 0.3) is 6.47 Å². The topological polar surface area (TPSA) is 84.5 Å². The highest BCUT2D eigenvalue weighted by atomic mass is 32.2. The Morgan fingerprint density at radius 3 is 2.23 bits per heavy atom. The zero-order valence-corrected chi connectivity index (χ0v) is 18.4. The Kier molecular flexibility index (Phi) is 9.65. The molecule has 1 aliphatic heterocycles. The number of carbonyl (C=O) groups excluding carboxylic acids is 1. The molecule has 1 aromatic carbocycles. The first kappa shape index (κ1) is 27.1. The van der Waals surface area contributed by atoms with Gasteiger partial charge >= 0.3 is 6.18 Å². The molecule has 1 aliphatic rings. The van der Waals surface area contributed by atoms with Crippen LogP contribution < -0.4 is 10.0 Å². The van der Waals surface area contributed by atoms with E-state index in [0.717, 1.165) is 6.08 Å². The van der Waals surface area contributed by atoms with Crippen molar-refractivity contribution in [3.8, 4) is 0 Å². The summed E-state index contributed by atoms with van der Waals surface area (Å²) in [7, 11) is -4.19. The van der Waals surface area contributed by atoms with Gasteiger partial charge in [-0.1, -0.05) is 6.08 Å². The molecule has 11 heteroatoms. The van der Waals surface area contributed by atoms with E-state index in [1.165, 1.54) is 0 Å². The standard InChI is InChI=1S/C15H18F4N2O2S.C5H10O2/c1-2-14(24(22,23)21-11-5-7-20-8-6-11)12-9-10(16)3-4-13(12)15(17,18)19;1-5(2,3)7-4-6/h2-4,9,11,14,20-21H,1,5-8H2;4H,1-3H3. The molecule has 0 amide bonds. The molecule has 1 fully saturated rings. The van der Waals surface area contributed by atoms with Crippen molar-refractivity contribution < 1.29 is 35.5 Å². The Balaban J connectivity index is 0.000000592. The van der Waals surface area contributed by atoms with Gasteiger partial charge in [0.2, 0.25) is 10.0 Å². The largest absolute Gasteiger partial charge is 0.462 e. The molecule has 0 saturated carbocycles. The van der Waals surface area contributed by atoms with E-state index in [2.05, 4.69) is 21.4 Å². The summed E-state index contributed by atoms with van der Waals surface area (Å²) >= 11 is 0. The maximum Gasteiger partial charge on any atom is 0.416 e. The molecule has 1 saturated heterocycles. The fourth-order valence-corrected chi connectivity index (χ4v) is 4.47. The summed E-state index contributed by atoms with van der Waals surface area (Å²) < 4.78 is 84.9. The molecule has 31 heavy (non-hydrogen) atoms. The second-order valence-electron chi connectivity index (χ2n) is 7.90. The molecule has 6 nitrogen and oxygen atoms in total. The van der Waals surface area contributed by atoms with Crippen LogP contribution in [0.5, 0.6) is 0 Å². The molecule has 1 atom stereocenters. The quantitative estimate of drug-likeness (QED) is 0.378. The van der Waals surface area contributed by atoms with Crippen LogP contribution in [0.15, 0.2) is 30.9 Å². The summed E-state index contributed by atoms with van der Waals surface area (Å²) in [6.07, 6.45) is -2.86. The van der Waals surface area contributed by atoms with E-state index >= 15 is 0 Å². The minimum Gasteiger partial charge on any atom is -0.462 e. The number of carbonyl (C=O) groups is 1. The SMILES string of the molecule is C=CC(c1cc(F)ccc1C(F)(F)F)S(=O)(=O)NC1CCNCC1.CC(C)(C)OC=O. The summed E-state index contributed by atoms with van der Waals surface area (Å²) in [6.45, 7) is 10.5. The van der Waals surface area contributed by atoms with Crippen molar-refractivity contribution in [3.05, 3.63) is 47.8 Å². The van der Waals surface area contributed by atoms with Crippen LogP contribution in [0.4, 0.5) is 17.6 Å². The molecule has 1 unspecified atom stereocenters. The Morgan fingerprint density at radius 2 is 1.81 bits per heavy atom. The summed E-state index contributed by atoms with van der Waals surface area (Å²) in [5.74, 6) is -0.943. The first-order valence-electron chi connectivity index (χ1n) is 9.54. The molecular formula is C20H28F4N2O4S. The lowest BCUT2D eigenvalue weighted by atomic mass is 10.0. The van der Waals surface area contributed by atoms with Crippen molar-refractivity contribution in [2.45, 2.75) is 56.7 Å². The normalized spacial score (nSPS) is 16.6. The Hall–Kier alpha value is -1.98. The van der Waals surface area contributed by atoms with E-state index < -0.39 is 38.4 Å². The summed E-state index contributed by atoms with van der Waals surface area (Å²) in [5.41, 5.74) is -2.18. The number of piperidine rings is 1. The van der Waals surface area contributed by atoms with Gasteiger partial charge in [0.15, 0.2) is 0 Å². The van der Waals surface area contributed by atoms with E-state index in [1.54, 1.807) is 0 Å². The predicted molar refractivity (Wildman–Crippen MR) is 109 cm³/mol. The lowest BCUT2D eigenvalue weighted by Crippen LogP contribution is -2.44. The first-order chi connectivity index (χ1) is 14.2. The van der Waals surface area contributed by atoms with E-state index in [1.807, 2.05) is 20.8 Å². The average Bonchev–Trinajstić information content (AvgIpc) is 2.61. The van der Waals surface area contributed by atoms with Crippen molar-refractivity contribution in [1.82, 2.24) is 10.0 Å². The molecular weight excluding hydrogens is 440 g/mol. The highest BCUT2D eigenvalue weighted by molar-refractivity contribution is 7.89. The zero-order valence-electron chi connectivity index (χ0n) is 17.6. The number of sulfonamides is 1. The van der Waals surface area contributed by atoms with E-state index in [0.29, 0.717) is 50.6 Å². The molecule has 2 rings (SSSR count). The minimum absolute atomic E-state index is 0.318. The van der Waals surface area contributed by atoms with E-state index in [-0.39, 0.29) is 11.6 Å². The lowest BCUT2D eigenvalue weighted by molar-refractivity contribution is -0.139. The number of hydrogen-bond donors (Lipinski definition) is 2. The van der Waals surface area contributed by atoms with Crippen LogP contribution in [-0.2, 0) is 25.7 Å². The third-order valence-corrected chi connectivity index (χ3v) is 6.02. The van der Waals surface area contributed by atoms with Gasteiger partial charge in [-0.2, -0.15) is 13.2 Å². The molecule has 0 radical (unpaired) electrons. The maximum absolute atomic E-state index is 13.5. The fraction of sp³-hybridized carbons (Fsp3) is 0.550. The van der Waals surface area contributed by atoms with Gasteiger partial charge in [0.05, 0.1) is 5.56 Å². The number of rotatable bonds is 6. The number of alkyl halides is 3. The van der Waals surface area contributed by atoms with Crippen molar-refractivity contribution in [2.24, 2.45) is 0 Å². The highest BCUT2D eigenvalue weighted by Gasteiger charge is 2.38. The lowest BCUT2D eigenvalue weighted by Gasteiger charge is -2.26. The van der Waals surface area contributed by atoms with Gasteiger partial charge in [0, 0.05) is 6.04 Å². The fourth-order valence-electron chi connectivity index (χ4n) is 2.84. The average molecular weight is 469 g/mol. The summed E-state index contributed by atoms with van der Waals surface area (Å²) in [5, 5.41) is 1.36. The summed E-state index contributed by atoms with van der Waals surface area (Å²) in [4.78, 5) is 9.60. The number of hydrogen-bond acceptors (Lipinski definition) is 5. The van der Waals surface area contributed by atoms with Crippen LogP contribution in [0.3, 0.4) is 0 Å². The maximum atomic E-state index is 13.5. The number of ether oxygens (including phenoxy) is 1. The highest BCUT2D eigenvalue weighted by Crippen LogP contribution is 2.37. The molecule has 1 aromatic rings. The van der Waals surface area contributed by atoms with Crippen molar-refractivity contribution >= 4 is 16.5 Å². The van der Waals surface area contributed by atoms with Gasteiger partial charge in [-0.25, -0.2) is 17.5 Å². The summed E-state index contributed by atoms with van der Waals surface area (Å²) in [6, 6.07) is 1.42. The molecule has 0 aromatic heterocycles. The Bertz CT molecular complexity index is 846. The van der Waals surface area contributed by atoms with Crippen LogP contribution >= 0.6 is 0 Å². The molecule has 0 spiro atoms. The van der Waals surface area contributed by atoms with Crippen LogP contribution in [0, 0.1) is 5.82 Å². The van der Waals surface area contributed by atoms with Gasteiger partial charge in [0.1, 0.15) is 16.7 Å². The monoisotopic (exact) mass is 468 g/mol. The molecule has 2 N–H and O–H groups in total. The smallest absolute Gasteiger partial charge is 0.416 e. The second-order valence-corrected chi connectivity index (χ2v) is 9.73. The van der Waals surface area contributed by atoms with Gasteiger partial charge < -0.3 is 10.1 Å². The Labute approximate surface area is 180 Å². The molecule has 0 aliphatic carbocycles. The van der Waals surface area contributed by atoms with Crippen molar-refractivity contribution in [1.29, 1.82) is 0 Å². The first-order valence-corrected chi connectivity index (χ1v) is 11.1. The minimum atomic E-state index is -4.80. The molecule has 0 bridgehead atoms. The number of benzene rings is 1.